The molecule has 0 saturated carbocycles. The number of hydrogen-bond acceptors (Lipinski definition) is 6. The van der Waals surface area contributed by atoms with Gasteiger partial charge >= 0.3 is 0 Å². The van der Waals surface area contributed by atoms with Crippen LogP contribution in [0.3, 0.4) is 0 Å². The summed E-state index contributed by atoms with van der Waals surface area (Å²) in [6, 6.07) is 8.51. The minimum absolute atomic E-state index is 0.148. The van der Waals surface area contributed by atoms with Crippen molar-refractivity contribution >= 4 is 36.5 Å². The number of pyridine rings is 1. The van der Waals surface area contributed by atoms with Crippen LogP contribution in [-0.2, 0) is 19.9 Å². The molecule has 31 heavy (non-hydrogen) atoms. The maximum Gasteiger partial charge on any atom is 0.211 e. The molecule has 1 aliphatic rings. The normalized spacial score (nSPS) is 16.0. The molecule has 164 valence electrons. The van der Waals surface area contributed by atoms with E-state index in [9.17, 15) is 25.6 Å². The Kier molecular flexibility index (Phi) is 5.44. The SMILES string of the molecule is CS(=O)(=O)N1CCN(c2c(S(=O)(=O)c3cccc(F)c3)cnc3cc(F)ccc23)CC1. The molecule has 4 rings (SSSR count). The van der Waals surface area contributed by atoms with Gasteiger partial charge in [-0.2, -0.15) is 4.31 Å². The Bertz CT molecular complexity index is 1370. The molecule has 0 radical (unpaired) electrons. The molecule has 0 bridgehead atoms. The van der Waals surface area contributed by atoms with E-state index in [1.165, 1.54) is 34.6 Å². The Balaban J connectivity index is 1.88. The molecular weight excluding hydrogens is 448 g/mol. The highest BCUT2D eigenvalue weighted by atomic mass is 32.2. The molecule has 7 nitrogen and oxygen atoms in total. The number of fused-ring (bicyclic) bond motifs is 1. The molecule has 1 aliphatic heterocycles. The number of halogens is 2. The fourth-order valence-corrected chi connectivity index (χ4v) is 5.95. The van der Waals surface area contributed by atoms with E-state index in [0.717, 1.165) is 24.6 Å². The first-order valence-corrected chi connectivity index (χ1v) is 12.7. The largest absolute Gasteiger partial charge is 0.367 e. The summed E-state index contributed by atoms with van der Waals surface area (Å²) in [5, 5.41) is 0.409. The van der Waals surface area contributed by atoms with Crippen LogP contribution in [-0.4, -0.2) is 58.6 Å². The molecule has 11 heteroatoms. The van der Waals surface area contributed by atoms with Gasteiger partial charge in [-0.3, -0.25) is 4.98 Å². The van der Waals surface area contributed by atoms with Crippen LogP contribution in [0.2, 0.25) is 0 Å². The maximum absolute atomic E-state index is 13.7. The summed E-state index contributed by atoms with van der Waals surface area (Å²) in [6.45, 7) is 0.803. The van der Waals surface area contributed by atoms with Gasteiger partial charge in [0.1, 0.15) is 16.5 Å². The van der Waals surface area contributed by atoms with Crippen molar-refractivity contribution in [2.24, 2.45) is 0 Å². The van der Waals surface area contributed by atoms with Crippen LogP contribution in [0.5, 0.6) is 0 Å². The van der Waals surface area contributed by atoms with Crippen LogP contribution in [0.4, 0.5) is 14.5 Å². The molecule has 0 N–H and O–H groups in total. The third kappa shape index (κ3) is 4.12. The summed E-state index contributed by atoms with van der Waals surface area (Å²) < 4.78 is 79.2. The quantitative estimate of drug-likeness (QED) is 0.586. The smallest absolute Gasteiger partial charge is 0.211 e. The third-order valence-electron chi connectivity index (χ3n) is 5.19. The Morgan fingerprint density at radius 2 is 1.58 bits per heavy atom. The Labute approximate surface area is 178 Å². The van der Waals surface area contributed by atoms with Crippen molar-refractivity contribution in [3.63, 3.8) is 0 Å². The van der Waals surface area contributed by atoms with E-state index in [4.69, 9.17) is 0 Å². The molecule has 0 atom stereocenters. The van der Waals surface area contributed by atoms with Gasteiger partial charge in [0.25, 0.3) is 0 Å². The van der Waals surface area contributed by atoms with Gasteiger partial charge in [0.05, 0.1) is 22.4 Å². The van der Waals surface area contributed by atoms with Gasteiger partial charge in [0.2, 0.25) is 19.9 Å². The van der Waals surface area contributed by atoms with Crippen molar-refractivity contribution in [2.75, 3.05) is 37.3 Å². The fourth-order valence-electron chi connectivity index (χ4n) is 3.66. The summed E-state index contributed by atoms with van der Waals surface area (Å²) in [6.07, 6.45) is 2.26. The molecule has 0 unspecified atom stereocenters. The van der Waals surface area contributed by atoms with Crippen LogP contribution in [0, 0.1) is 11.6 Å². The number of benzene rings is 2. The molecule has 2 heterocycles. The van der Waals surface area contributed by atoms with E-state index < -0.39 is 31.5 Å². The van der Waals surface area contributed by atoms with E-state index >= 15 is 0 Å². The van der Waals surface area contributed by atoms with Crippen molar-refractivity contribution < 1.29 is 25.6 Å². The minimum Gasteiger partial charge on any atom is -0.367 e. The first-order valence-electron chi connectivity index (χ1n) is 9.36. The van der Waals surface area contributed by atoms with E-state index in [2.05, 4.69) is 4.98 Å². The number of hydrogen-bond donors (Lipinski definition) is 0. The number of piperazine rings is 1. The van der Waals surface area contributed by atoms with E-state index in [1.807, 2.05) is 0 Å². The number of aromatic nitrogens is 1. The minimum atomic E-state index is -4.15. The zero-order valence-electron chi connectivity index (χ0n) is 16.5. The van der Waals surface area contributed by atoms with Gasteiger partial charge in [-0.05, 0) is 30.3 Å². The molecule has 2 aromatic carbocycles. The lowest BCUT2D eigenvalue weighted by Crippen LogP contribution is -2.48. The van der Waals surface area contributed by atoms with Gasteiger partial charge in [0, 0.05) is 43.8 Å². The van der Waals surface area contributed by atoms with Crippen LogP contribution < -0.4 is 4.90 Å². The predicted molar refractivity (Wildman–Crippen MR) is 112 cm³/mol. The lowest BCUT2D eigenvalue weighted by Gasteiger charge is -2.36. The predicted octanol–water partition coefficient (Wildman–Crippen LogP) is 2.43. The van der Waals surface area contributed by atoms with Crippen molar-refractivity contribution in [3.8, 4) is 0 Å². The molecule has 1 aromatic heterocycles. The number of rotatable bonds is 4. The molecule has 0 spiro atoms. The molecule has 3 aromatic rings. The molecule has 0 aliphatic carbocycles. The van der Waals surface area contributed by atoms with E-state index in [-0.39, 0.29) is 41.5 Å². The number of nitrogens with zero attached hydrogens (tertiary/aromatic N) is 3. The lowest BCUT2D eigenvalue weighted by molar-refractivity contribution is 0.387. The summed E-state index contributed by atoms with van der Waals surface area (Å²) in [4.78, 5) is 5.49. The average Bonchev–Trinajstić information content (AvgIpc) is 2.72. The summed E-state index contributed by atoms with van der Waals surface area (Å²) in [5.74, 6) is -1.21. The van der Waals surface area contributed by atoms with Crippen molar-refractivity contribution in [1.82, 2.24) is 9.29 Å². The summed E-state index contributed by atoms with van der Waals surface area (Å²) in [7, 11) is -7.54. The zero-order valence-corrected chi connectivity index (χ0v) is 18.1. The van der Waals surface area contributed by atoms with Crippen LogP contribution in [0.1, 0.15) is 0 Å². The lowest BCUT2D eigenvalue weighted by atomic mass is 10.1. The third-order valence-corrected chi connectivity index (χ3v) is 8.24. The second-order valence-corrected chi connectivity index (χ2v) is 11.1. The average molecular weight is 468 g/mol. The summed E-state index contributed by atoms with van der Waals surface area (Å²) >= 11 is 0. The van der Waals surface area contributed by atoms with Crippen LogP contribution in [0.25, 0.3) is 10.9 Å². The summed E-state index contributed by atoms with van der Waals surface area (Å²) in [5.41, 5.74) is 0.557. The highest BCUT2D eigenvalue weighted by Gasteiger charge is 2.30. The standard InChI is InChI=1S/C20H19F2N3O4S2/c1-30(26,27)25-9-7-24(8-10-25)20-17-6-5-15(22)12-18(17)23-13-19(20)31(28,29)16-4-2-3-14(21)11-16/h2-6,11-13H,7-10H2,1H3. The van der Waals surface area contributed by atoms with Gasteiger partial charge in [-0.15, -0.1) is 0 Å². The van der Waals surface area contributed by atoms with Crippen molar-refractivity contribution in [3.05, 3.63) is 60.3 Å². The zero-order chi connectivity index (χ0) is 22.4. The van der Waals surface area contributed by atoms with Crippen molar-refractivity contribution in [1.29, 1.82) is 0 Å². The molecule has 0 amide bonds. The Hall–Kier alpha value is -2.63. The number of sulfone groups is 1. The fraction of sp³-hybridized carbons (Fsp3) is 0.250. The number of sulfonamides is 1. The maximum atomic E-state index is 13.7. The van der Waals surface area contributed by atoms with Gasteiger partial charge < -0.3 is 4.90 Å². The Morgan fingerprint density at radius 1 is 0.903 bits per heavy atom. The number of anilines is 1. The van der Waals surface area contributed by atoms with Gasteiger partial charge in [0.15, 0.2) is 0 Å². The molecule has 1 saturated heterocycles. The van der Waals surface area contributed by atoms with Gasteiger partial charge in [-0.1, -0.05) is 6.07 Å². The monoisotopic (exact) mass is 467 g/mol. The topological polar surface area (TPSA) is 87.7 Å². The first-order chi connectivity index (χ1) is 14.6. The Morgan fingerprint density at radius 3 is 2.23 bits per heavy atom. The first kappa shape index (κ1) is 21.6. The van der Waals surface area contributed by atoms with Crippen LogP contribution >= 0.6 is 0 Å². The van der Waals surface area contributed by atoms with Gasteiger partial charge in [-0.25, -0.2) is 25.6 Å². The second kappa shape index (κ2) is 7.81. The highest BCUT2D eigenvalue weighted by molar-refractivity contribution is 7.91. The molecular formula is C20H19F2N3O4S2. The van der Waals surface area contributed by atoms with Crippen molar-refractivity contribution in [2.45, 2.75) is 9.79 Å². The highest BCUT2D eigenvalue weighted by Crippen LogP contribution is 2.36. The molecule has 1 fully saturated rings. The second-order valence-electron chi connectivity index (χ2n) is 7.24. The van der Waals surface area contributed by atoms with E-state index in [1.54, 1.807) is 4.90 Å². The van der Waals surface area contributed by atoms with Crippen LogP contribution in [0.15, 0.2) is 58.5 Å². The van der Waals surface area contributed by atoms with E-state index in [0.29, 0.717) is 11.1 Å².